The van der Waals surface area contributed by atoms with Gasteiger partial charge in [-0.15, -0.1) is 0 Å². The molecule has 0 atom stereocenters. The molecule has 2 aromatic carbocycles. The minimum absolute atomic E-state index is 0.0567. The van der Waals surface area contributed by atoms with Crippen LogP contribution in [0.4, 0.5) is 11.4 Å². The van der Waals surface area contributed by atoms with E-state index < -0.39 is 10.0 Å². The van der Waals surface area contributed by atoms with E-state index in [-0.39, 0.29) is 17.3 Å². The highest BCUT2D eigenvalue weighted by Gasteiger charge is 2.33. The maximum absolute atomic E-state index is 13.1. The Morgan fingerprint density at radius 2 is 1.76 bits per heavy atom. The molecule has 2 heterocycles. The van der Waals surface area contributed by atoms with Crippen LogP contribution in [0, 0.1) is 0 Å². The van der Waals surface area contributed by atoms with Crippen LogP contribution in [0.3, 0.4) is 0 Å². The molecule has 2 aromatic rings. The summed E-state index contributed by atoms with van der Waals surface area (Å²) in [5.41, 5.74) is 0.908. The van der Waals surface area contributed by atoms with E-state index >= 15 is 0 Å². The van der Waals surface area contributed by atoms with Gasteiger partial charge in [-0.3, -0.25) is 9.10 Å². The van der Waals surface area contributed by atoms with Crippen molar-refractivity contribution in [2.75, 3.05) is 29.4 Å². The highest BCUT2D eigenvalue weighted by Crippen LogP contribution is 2.36. The highest BCUT2D eigenvalue weighted by molar-refractivity contribution is 7.92. The summed E-state index contributed by atoms with van der Waals surface area (Å²) in [4.78, 5) is 12.0. The molecule has 0 fully saturated rings. The minimum Gasteiger partial charge on any atom is -0.490 e. The quantitative estimate of drug-likeness (QED) is 0.885. The first-order chi connectivity index (χ1) is 12.1. The van der Waals surface area contributed by atoms with Gasteiger partial charge in [-0.1, -0.05) is 12.1 Å². The summed E-state index contributed by atoms with van der Waals surface area (Å²) in [6.07, 6.45) is 0.733. The molecule has 0 aliphatic carbocycles. The van der Waals surface area contributed by atoms with Crippen molar-refractivity contribution in [3.05, 3.63) is 42.5 Å². The Kier molecular flexibility index (Phi) is 3.76. The van der Waals surface area contributed by atoms with Crippen LogP contribution in [-0.4, -0.2) is 34.1 Å². The first kappa shape index (κ1) is 15.8. The Balaban J connectivity index is 1.78. The van der Waals surface area contributed by atoms with Crippen molar-refractivity contribution < 1.29 is 22.7 Å². The fourth-order valence-electron chi connectivity index (χ4n) is 2.85. The number of anilines is 2. The number of nitrogens with one attached hydrogen (secondary N) is 1. The topological polar surface area (TPSA) is 84.9 Å². The van der Waals surface area contributed by atoms with Crippen LogP contribution >= 0.6 is 0 Å². The largest absolute Gasteiger partial charge is 0.490 e. The van der Waals surface area contributed by atoms with Crippen LogP contribution in [0.2, 0.25) is 0 Å². The standard InChI is InChI=1S/C17H16N2O5S/c20-17-11-19(14-5-2-1-4-13(14)18-17)25(21,22)12-6-7-15-16(10-12)24-9-3-8-23-15/h1-2,4-7,10H,3,8-9,11H2,(H,18,20). The van der Waals surface area contributed by atoms with Gasteiger partial charge in [0.15, 0.2) is 11.5 Å². The second-order valence-corrected chi connectivity index (χ2v) is 7.60. The molecule has 7 nitrogen and oxygen atoms in total. The molecule has 8 heteroatoms. The lowest BCUT2D eigenvalue weighted by Crippen LogP contribution is -2.42. The van der Waals surface area contributed by atoms with Crippen LogP contribution in [0.5, 0.6) is 11.5 Å². The zero-order chi connectivity index (χ0) is 17.4. The lowest BCUT2D eigenvalue weighted by molar-refractivity contribution is -0.115. The average Bonchev–Trinajstić information content (AvgIpc) is 2.85. The SMILES string of the molecule is O=C1CN(S(=O)(=O)c2ccc3c(c2)OCCCO3)c2ccccc2N1. The second kappa shape index (κ2) is 5.96. The van der Waals surface area contributed by atoms with Crippen molar-refractivity contribution in [1.82, 2.24) is 0 Å². The molecule has 2 aliphatic rings. The Morgan fingerprint density at radius 1 is 1.00 bits per heavy atom. The Bertz CT molecular complexity index is 942. The van der Waals surface area contributed by atoms with Crippen LogP contribution in [0.1, 0.15) is 6.42 Å². The van der Waals surface area contributed by atoms with Gasteiger partial charge in [-0.2, -0.15) is 0 Å². The Hall–Kier alpha value is -2.74. The summed E-state index contributed by atoms with van der Waals surface area (Å²) >= 11 is 0. The van der Waals surface area contributed by atoms with Crippen molar-refractivity contribution in [2.24, 2.45) is 0 Å². The molecule has 4 rings (SSSR count). The highest BCUT2D eigenvalue weighted by atomic mass is 32.2. The number of sulfonamides is 1. The number of nitrogens with zero attached hydrogens (tertiary/aromatic N) is 1. The van der Waals surface area contributed by atoms with Crippen molar-refractivity contribution >= 4 is 27.3 Å². The summed E-state index contributed by atoms with van der Waals surface area (Å²) in [6.45, 7) is 0.720. The van der Waals surface area contributed by atoms with E-state index in [2.05, 4.69) is 5.32 Å². The molecule has 1 N–H and O–H groups in total. The third-order valence-corrected chi connectivity index (χ3v) is 5.80. The van der Waals surface area contributed by atoms with Gasteiger partial charge >= 0.3 is 0 Å². The Morgan fingerprint density at radius 3 is 2.60 bits per heavy atom. The van der Waals surface area contributed by atoms with Gasteiger partial charge in [0.2, 0.25) is 5.91 Å². The van der Waals surface area contributed by atoms with Gasteiger partial charge in [0.05, 0.1) is 29.5 Å². The minimum atomic E-state index is -3.92. The molecule has 0 spiro atoms. The number of hydrogen-bond acceptors (Lipinski definition) is 5. The smallest absolute Gasteiger partial charge is 0.265 e. The number of carbonyl (C=O) groups is 1. The summed E-state index contributed by atoms with van der Waals surface area (Å²) in [5, 5.41) is 2.68. The number of benzene rings is 2. The van der Waals surface area contributed by atoms with Gasteiger partial charge in [0, 0.05) is 12.5 Å². The number of amides is 1. The van der Waals surface area contributed by atoms with Crippen molar-refractivity contribution in [3.63, 3.8) is 0 Å². The number of rotatable bonds is 2. The molecule has 130 valence electrons. The molecule has 0 radical (unpaired) electrons. The number of fused-ring (bicyclic) bond motifs is 2. The molecule has 0 unspecified atom stereocenters. The molecule has 0 aromatic heterocycles. The van der Waals surface area contributed by atoms with Gasteiger partial charge in [0.1, 0.15) is 6.54 Å². The summed E-state index contributed by atoms with van der Waals surface area (Å²) in [5.74, 6) is 0.540. The van der Waals surface area contributed by atoms with Crippen molar-refractivity contribution in [2.45, 2.75) is 11.3 Å². The molecule has 2 aliphatic heterocycles. The van der Waals surface area contributed by atoms with E-state index in [4.69, 9.17) is 9.47 Å². The predicted octanol–water partition coefficient (Wildman–Crippen LogP) is 2.00. The van der Waals surface area contributed by atoms with Crippen molar-refractivity contribution in [3.8, 4) is 11.5 Å². The number of carbonyl (C=O) groups excluding carboxylic acids is 1. The summed E-state index contributed by atoms with van der Waals surface area (Å²) in [7, 11) is -3.92. The maximum atomic E-state index is 13.1. The van der Waals surface area contributed by atoms with E-state index in [9.17, 15) is 13.2 Å². The van der Waals surface area contributed by atoms with E-state index in [0.29, 0.717) is 36.1 Å². The first-order valence-corrected chi connectivity index (χ1v) is 9.31. The molecular weight excluding hydrogens is 344 g/mol. The molecule has 0 bridgehead atoms. The van der Waals surface area contributed by atoms with Crippen LogP contribution in [0.25, 0.3) is 0 Å². The monoisotopic (exact) mass is 360 g/mol. The zero-order valence-corrected chi connectivity index (χ0v) is 14.1. The number of para-hydroxylation sites is 2. The number of ether oxygens (including phenoxy) is 2. The van der Waals surface area contributed by atoms with E-state index in [1.54, 1.807) is 30.3 Å². The van der Waals surface area contributed by atoms with E-state index in [1.807, 2.05) is 0 Å². The molecule has 0 saturated carbocycles. The predicted molar refractivity (Wildman–Crippen MR) is 91.7 cm³/mol. The normalized spacial score (nSPS) is 16.6. The average molecular weight is 360 g/mol. The lowest BCUT2D eigenvalue weighted by atomic mass is 10.2. The second-order valence-electron chi connectivity index (χ2n) is 5.74. The third-order valence-electron chi connectivity index (χ3n) is 4.04. The zero-order valence-electron chi connectivity index (χ0n) is 13.3. The molecular formula is C17H16N2O5S. The van der Waals surface area contributed by atoms with E-state index in [0.717, 1.165) is 10.7 Å². The summed E-state index contributed by atoms with van der Waals surface area (Å²) in [6, 6.07) is 11.3. The molecule has 0 saturated heterocycles. The van der Waals surface area contributed by atoms with Gasteiger partial charge in [-0.05, 0) is 24.3 Å². The lowest BCUT2D eigenvalue weighted by Gasteiger charge is -2.30. The van der Waals surface area contributed by atoms with E-state index in [1.165, 1.54) is 12.1 Å². The fraction of sp³-hybridized carbons (Fsp3) is 0.235. The van der Waals surface area contributed by atoms with Crippen LogP contribution < -0.4 is 19.1 Å². The third kappa shape index (κ3) is 2.78. The first-order valence-electron chi connectivity index (χ1n) is 7.87. The van der Waals surface area contributed by atoms with Crippen LogP contribution in [0.15, 0.2) is 47.4 Å². The molecule has 1 amide bonds. The number of hydrogen-bond donors (Lipinski definition) is 1. The Labute approximate surface area is 145 Å². The maximum Gasteiger partial charge on any atom is 0.265 e. The molecule has 25 heavy (non-hydrogen) atoms. The summed E-state index contributed by atoms with van der Waals surface area (Å²) < 4.78 is 38.5. The van der Waals surface area contributed by atoms with Gasteiger partial charge in [0.25, 0.3) is 10.0 Å². The van der Waals surface area contributed by atoms with Crippen molar-refractivity contribution in [1.29, 1.82) is 0 Å². The fourth-order valence-corrected chi connectivity index (χ4v) is 4.30. The van der Waals surface area contributed by atoms with Gasteiger partial charge < -0.3 is 14.8 Å². The van der Waals surface area contributed by atoms with Crippen LogP contribution in [-0.2, 0) is 14.8 Å². The van der Waals surface area contributed by atoms with Gasteiger partial charge in [-0.25, -0.2) is 8.42 Å².